The first-order chi connectivity index (χ1) is 10.6. The SMILES string of the molecule is O=C(NCCCC(=O)SN1CCC1=O)OCc1ccccc1. The van der Waals surface area contributed by atoms with Crippen LogP contribution < -0.4 is 5.32 Å². The first kappa shape index (κ1) is 16.4. The fourth-order valence-electron chi connectivity index (χ4n) is 1.76. The molecule has 1 aromatic carbocycles. The Morgan fingerprint density at radius 2 is 2.05 bits per heavy atom. The van der Waals surface area contributed by atoms with Gasteiger partial charge in [0.1, 0.15) is 6.61 Å². The van der Waals surface area contributed by atoms with Crippen LogP contribution >= 0.6 is 11.9 Å². The van der Waals surface area contributed by atoms with Gasteiger partial charge in [0.25, 0.3) is 0 Å². The van der Waals surface area contributed by atoms with Crippen LogP contribution in [0.15, 0.2) is 30.3 Å². The average Bonchev–Trinajstić information content (AvgIpc) is 2.54. The van der Waals surface area contributed by atoms with Crippen LogP contribution in [0.2, 0.25) is 0 Å². The van der Waals surface area contributed by atoms with Gasteiger partial charge in [0.05, 0.1) is 0 Å². The molecule has 1 aliphatic heterocycles. The van der Waals surface area contributed by atoms with Crippen molar-refractivity contribution in [3.8, 4) is 0 Å². The van der Waals surface area contributed by atoms with E-state index in [1.54, 1.807) is 0 Å². The predicted molar refractivity (Wildman–Crippen MR) is 82.8 cm³/mol. The van der Waals surface area contributed by atoms with Crippen molar-refractivity contribution >= 4 is 29.1 Å². The molecule has 0 unspecified atom stereocenters. The second-order valence-corrected chi connectivity index (χ2v) is 5.88. The minimum atomic E-state index is -0.498. The smallest absolute Gasteiger partial charge is 0.407 e. The Hall–Kier alpha value is -2.02. The maximum absolute atomic E-state index is 11.6. The van der Waals surface area contributed by atoms with E-state index in [-0.39, 0.29) is 17.6 Å². The molecular weight excluding hydrogens is 304 g/mol. The molecule has 1 saturated heterocycles. The number of hydrogen-bond acceptors (Lipinski definition) is 5. The minimum Gasteiger partial charge on any atom is -0.445 e. The Morgan fingerprint density at radius 3 is 2.68 bits per heavy atom. The number of ether oxygens (including phenoxy) is 1. The quantitative estimate of drug-likeness (QED) is 0.473. The van der Waals surface area contributed by atoms with Crippen molar-refractivity contribution in [1.29, 1.82) is 0 Å². The van der Waals surface area contributed by atoms with Crippen molar-refractivity contribution in [2.75, 3.05) is 13.1 Å². The van der Waals surface area contributed by atoms with Gasteiger partial charge in [0.2, 0.25) is 11.0 Å². The molecular formula is C15H18N2O4S. The van der Waals surface area contributed by atoms with Crippen molar-refractivity contribution < 1.29 is 19.1 Å². The third kappa shape index (κ3) is 5.40. The molecule has 2 rings (SSSR count). The summed E-state index contributed by atoms with van der Waals surface area (Å²) in [5.74, 6) is 0.000893. The monoisotopic (exact) mass is 322 g/mol. The highest BCUT2D eigenvalue weighted by atomic mass is 32.2. The second-order valence-electron chi connectivity index (χ2n) is 4.80. The number of amides is 2. The lowest BCUT2D eigenvalue weighted by atomic mass is 10.2. The highest BCUT2D eigenvalue weighted by Crippen LogP contribution is 2.22. The molecule has 0 aromatic heterocycles. The van der Waals surface area contributed by atoms with Crippen molar-refractivity contribution in [1.82, 2.24) is 9.62 Å². The van der Waals surface area contributed by atoms with Gasteiger partial charge in [0.15, 0.2) is 0 Å². The first-order valence-corrected chi connectivity index (χ1v) is 7.88. The molecule has 0 spiro atoms. The number of alkyl carbamates (subject to hydrolysis) is 1. The van der Waals surface area contributed by atoms with Gasteiger partial charge in [0, 0.05) is 37.9 Å². The van der Waals surface area contributed by atoms with Crippen molar-refractivity contribution in [3.63, 3.8) is 0 Å². The summed E-state index contributed by atoms with van der Waals surface area (Å²) >= 11 is 0.962. The maximum Gasteiger partial charge on any atom is 0.407 e. The molecule has 0 aliphatic carbocycles. The molecule has 2 amide bonds. The Balaban J connectivity index is 1.51. The van der Waals surface area contributed by atoms with E-state index in [9.17, 15) is 14.4 Å². The average molecular weight is 322 g/mol. The maximum atomic E-state index is 11.6. The van der Waals surface area contributed by atoms with E-state index in [0.717, 1.165) is 17.5 Å². The standard InChI is InChI=1S/C15H18N2O4S/c18-13-8-10-17(13)22-14(19)7-4-9-16-15(20)21-11-12-5-2-1-3-6-12/h1-3,5-6H,4,7-11H2,(H,16,20). The topological polar surface area (TPSA) is 75.7 Å². The zero-order valence-corrected chi connectivity index (χ0v) is 12.9. The fraction of sp³-hybridized carbons (Fsp3) is 0.400. The van der Waals surface area contributed by atoms with Crippen LogP contribution in [0.3, 0.4) is 0 Å². The molecule has 118 valence electrons. The van der Waals surface area contributed by atoms with Gasteiger partial charge in [-0.05, 0) is 12.0 Å². The van der Waals surface area contributed by atoms with Gasteiger partial charge in [-0.2, -0.15) is 0 Å². The molecule has 22 heavy (non-hydrogen) atoms. The van der Waals surface area contributed by atoms with Crippen LogP contribution in [-0.4, -0.2) is 34.5 Å². The van der Waals surface area contributed by atoms with E-state index in [1.807, 2.05) is 30.3 Å². The highest BCUT2D eigenvalue weighted by Gasteiger charge is 2.26. The Bertz CT molecular complexity index is 536. The molecule has 0 radical (unpaired) electrons. The molecule has 7 heteroatoms. The number of hydrogen-bond donors (Lipinski definition) is 1. The highest BCUT2D eigenvalue weighted by molar-refractivity contribution is 8.12. The summed E-state index contributed by atoms with van der Waals surface area (Å²) in [5, 5.41) is 2.53. The molecule has 0 bridgehead atoms. The molecule has 0 saturated carbocycles. The van der Waals surface area contributed by atoms with Crippen LogP contribution in [-0.2, 0) is 20.9 Å². The molecule has 1 fully saturated rings. The fourth-order valence-corrected chi connectivity index (χ4v) is 2.61. The molecule has 1 aliphatic rings. The Labute approximate surface area is 133 Å². The van der Waals surface area contributed by atoms with Crippen LogP contribution in [0.4, 0.5) is 4.79 Å². The van der Waals surface area contributed by atoms with E-state index in [1.165, 1.54) is 4.31 Å². The van der Waals surface area contributed by atoms with Crippen LogP contribution in [0.1, 0.15) is 24.8 Å². The van der Waals surface area contributed by atoms with Crippen LogP contribution in [0, 0.1) is 0 Å². The second kappa shape index (κ2) is 8.43. The predicted octanol–water partition coefficient (Wildman–Crippen LogP) is 2.10. The number of benzene rings is 1. The van der Waals surface area contributed by atoms with E-state index >= 15 is 0 Å². The lowest BCUT2D eigenvalue weighted by Gasteiger charge is -2.27. The van der Waals surface area contributed by atoms with Gasteiger partial charge in [-0.3, -0.25) is 13.9 Å². The van der Waals surface area contributed by atoms with Gasteiger partial charge < -0.3 is 10.1 Å². The molecule has 1 N–H and O–H groups in total. The summed E-state index contributed by atoms with van der Waals surface area (Å²) < 4.78 is 6.51. The van der Waals surface area contributed by atoms with E-state index in [0.29, 0.717) is 32.4 Å². The molecule has 1 aromatic rings. The van der Waals surface area contributed by atoms with Gasteiger partial charge in [-0.15, -0.1) is 0 Å². The zero-order chi connectivity index (χ0) is 15.8. The third-order valence-electron chi connectivity index (χ3n) is 3.06. The Morgan fingerprint density at radius 1 is 1.27 bits per heavy atom. The summed E-state index contributed by atoms with van der Waals surface area (Å²) in [6.07, 6.45) is 0.860. The van der Waals surface area contributed by atoms with E-state index < -0.39 is 6.09 Å². The van der Waals surface area contributed by atoms with Gasteiger partial charge in [-0.1, -0.05) is 30.3 Å². The van der Waals surface area contributed by atoms with Crippen LogP contribution in [0.25, 0.3) is 0 Å². The van der Waals surface area contributed by atoms with Crippen molar-refractivity contribution in [2.24, 2.45) is 0 Å². The summed E-state index contributed by atoms with van der Waals surface area (Å²) in [5.41, 5.74) is 0.920. The van der Waals surface area contributed by atoms with Crippen molar-refractivity contribution in [2.45, 2.75) is 25.9 Å². The minimum absolute atomic E-state index is 0.000893. The summed E-state index contributed by atoms with van der Waals surface area (Å²) in [7, 11) is 0. The molecule has 1 heterocycles. The number of carbonyl (C=O) groups is 3. The number of nitrogens with one attached hydrogen (secondary N) is 1. The third-order valence-corrected chi connectivity index (χ3v) is 4.07. The lowest BCUT2D eigenvalue weighted by molar-refractivity contribution is -0.133. The lowest BCUT2D eigenvalue weighted by Crippen LogP contribution is -2.38. The molecule has 6 nitrogen and oxygen atoms in total. The number of nitrogens with zero attached hydrogens (tertiary/aromatic N) is 1. The van der Waals surface area contributed by atoms with E-state index in [4.69, 9.17) is 4.74 Å². The largest absolute Gasteiger partial charge is 0.445 e. The number of rotatable bonds is 7. The Kier molecular flexibility index (Phi) is 6.27. The van der Waals surface area contributed by atoms with E-state index in [2.05, 4.69) is 5.32 Å². The van der Waals surface area contributed by atoms with Gasteiger partial charge in [-0.25, -0.2) is 4.79 Å². The normalized spacial score (nSPS) is 13.5. The van der Waals surface area contributed by atoms with Crippen LogP contribution in [0.5, 0.6) is 0 Å². The van der Waals surface area contributed by atoms with Crippen molar-refractivity contribution in [3.05, 3.63) is 35.9 Å². The molecule has 0 atom stereocenters. The summed E-state index contributed by atoms with van der Waals surface area (Å²) in [4.78, 5) is 34.1. The number of β-lactam (4-membered cyclic amide) rings is 1. The first-order valence-electron chi connectivity index (χ1n) is 7.11. The summed E-state index contributed by atoms with van der Waals surface area (Å²) in [6, 6.07) is 9.40. The zero-order valence-electron chi connectivity index (χ0n) is 12.1. The van der Waals surface area contributed by atoms with Gasteiger partial charge >= 0.3 is 6.09 Å². The summed E-state index contributed by atoms with van der Waals surface area (Å²) in [6.45, 7) is 1.23. The number of carbonyl (C=O) groups excluding carboxylic acids is 3.